The minimum Gasteiger partial charge on any atom is -0.494 e. The third-order valence-corrected chi connectivity index (χ3v) is 9.21. The minimum absolute atomic E-state index is 0.0143. The van der Waals surface area contributed by atoms with Crippen LogP contribution in [-0.2, 0) is 22.6 Å². The first-order chi connectivity index (χ1) is 21.9. The number of rotatable bonds is 14. The van der Waals surface area contributed by atoms with Gasteiger partial charge in [0.15, 0.2) is 0 Å². The quantitative estimate of drug-likeness (QED) is 0.0570. The molecule has 2 atom stereocenters. The van der Waals surface area contributed by atoms with Crippen LogP contribution >= 0.6 is 11.9 Å². The molecule has 3 aromatic rings. The molecule has 0 bridgehead atoms. The predicted molar refractivity (Wildman–Crippen MR) is 184 cm³/mol. The summed E-state index contributed by atoms with van der Waals surface area (Å²) >= 11 is 1.69. The van der Waals surface area contributed by atoms with Crippen LogP contribution in [0.25, 0.3) is 0 Å². The van der Waals surface area contributed by atoms with Crippen LogP contribution in [-0.4, -0.2) is 54.6 Å². The van der Waals surface area contributed by atoms with Gasteiger partial charge in [-0.15, -0.1) is 0 Å². The summed E-state index contributed by atoms with van der Waals surface area (Å²) in [6.45, 7) is 7.82. The number of nitrogen functional groups attached to an aromatic ring is 1. The van der Waals surface area contributed by atoms with E-state index in [-0.39, 0.29) is 18.4 Å². The second-order valence-corrected chi connectivity index (χ2v) is 13.2. The van der Waals surface area contributed by atoms with Crippen LogP contribution in [0, 0.1) is 6.92 Å². The summed E-state index contributed by atoms with van der Waals surface area (Å²) in [5.41, 5.74) is 12.5. The van der Waals surface area contributed by atoms with Gasteiger partial charge in [-0.2, -0.15) is 0 Å². The van der Waals surface area contributed by atoms with E-state index in [1.165, 1.54) is 10.6 Å². The number of hydrazine groups is 1. The summed E-state index contributed by atoms with van der Waals surface area (Å²) in [6.07, 6.45) is 3.93. The number of ether oxygens (including phenoxy) is 2. The molecule has 1 aliphatic rings. The Balaban J connectivity index is 1.52. The lowest BCUT2D eigenvalue weighted by molar-refractivity contribution is -0.137. The van der Waals surface area contributed by atoms with Gasteiger partial charge in [-0.1, -0.05) is 30.7 Å². The molecule has 0 aliphatic carbocycles. The number of amides is 1. The van der Waals surface area contributed by atoms with Gasteiger partial charge >= 0.3 is 5.97 Å². The number of aliphatic carboxylic acids is 1. The molecule has 11 heteroatoms. The zero-order valence-electron chi connectivity index (χ0n) is 27.5. The van der Waals surface area contributed by atoms with Gasteiger partial charge in [0.05, 0.1) is 24.1 Å². The fourth-order valence-corrected chi connectivity index (χ4v) is 6.93. The molecule has 3 aromatic carbocycles. The van der Waals surface area contributed by atoms with Gasteiger partial charge in [0.2, 0.25) is 5.91 Å². The number of nitrogens with zero attached hydrogens (tertiary/aromatic N) is 2. The smallest absolute Gasteiger partial charge is 0.304 e. The van der Waals surface area contributed by atoms with Crippen LogP contribution in [0.4, 0.5) is 11.4 Å². The van der Waals surface area contributed by atoms with E-state index in [4.69, 9.17) is 21.1 Å². The number of fused-ring (bicyclic) bond motifs is 1. The van der Waals surface area contributed by atoms with E-state index in [0.717, 1.165) is 71.7 Å². The lowest BCUT2D eigenvalue weighted by Crippen LogP contribution is -2.27. The van der Waals surface area contributed by atoms with Gasteiger partial charge < -0.3 is 30.6 Å². The molecule has 4 rings (SSSR count). The Hall–Kier alpha value is -3.93. The highest BCUT2D eigenvalue weighted by Gasteiger charge is 2.25. The highest BCUT2D eigenvalue weighted by atomic mass is 32.2. The van der Waals surface area contributed by atoms with E-state index in [1.807, 2.05) is 12.1 Å². The summed E-state index contributed by atoms with van der Waals surface area (Å²) in [5, 5.41) is 14.1. The summed E-state index contributed by atoms with van der Waals surface area (Å²) in [7, 11) is 3.22. The SMILES string of the molecule is COc1cc(C(CC(=O)O)c2ccc(C)c(CN3CC(C)Oc4cc(CCCCCNC(C)=O)ccc4S3)c2)cc(N)c1N(C)N. The Morgan fingerprint density at radius 3 is 2.63 bits per heavy atom. The highest BCUT2D eigenvalue weighted by molar-refractivity contribution is 7.97. The fourth-order valence-electron chi connectivity index (χ4n) is 5.84. The normalized spacial score (nSPS) is 15.3. The molecule has 0 spiro atoms. The number of unbranched alkanes of at least 4 members (excludes halogenated alkanes) is 2. The Morgan fingerprint density at radius 1 is 1.15 bits per heavy atom. The number of nitrogens with two attached hydrogens (primary N) is 2. The Labute approximate surface area is 276 Å². The Morgan fingerprint density at radius 2 is 1.93 bits per heavy atom. The predicted octanol–water partition coefficient (Wildman–Crippen LogP) is 5.64. The van der Waals surface area contributed by atoms with Crippen LogP contribution in [0.1, 0.15) is 73.3 Å². The van der Waals surface area contributed by atoms with Crippen molar-refractivity contribution in [1.82, 2.24) is 9.62 Å². The molecule has 0 saturated carbocycles. The second-order valence-electron chi connectivity index (χ2n) is 12.0. The van der Waals surface area contributed by atoms with Crippen molar-refractivity contribution in [2.24, 2.45) is 5.84 Å². The maximum atomic E-state index is 12.0. The largest absolute Gasteiger partial charge is 0.494 e. The standard InChI is InChI=1S/C35H47N5O5S/c1-22-10-12-26(29(19-34(42)43)27-17-30(36)35(39(4)37)32(18-27)44-5)16-28(22)21-40-20-23(2)45-31-15-25(11-13-33(31)46-40)9-7-6-8-14-38-24(3)41/h10-13,15-18,23,29H,6-9,14,19-21,36-37H2,1-5H3,(H,38,41)(H,42,43). The third-order valence-electron chi connectivity index (χ3n) is 8.14. The number of benzene rings is 3. The van der Waals surface area contributed by atoms with Crippen molar-refractivity contribution in [3.8, 4) is 11.5 Å². The zero-order valence-corrected chi connectivity index (χ0v) is 28.3. The molecule has 1 heterocycles. The monoisotopic (exact) mass is 649 g/mol. The van der Waals surface area contributed by atoms with E-state index in [9.17, 15) is 14.7 Å². The molecule has 46 heavy (non-hydrogen) atoms. The number of carbonyl (C=O) groups excluding carboxylic acids is 1. The van der Waals surface area contributed by atoms with Crippen LogP contribution in [0.2, 0.25) is 0 Å². The van der Waals surface area contributed by atoms with Gasteiger partial charge in [-0.05, 0) is 97.1 Å². The van der Waals surface area contributed by atoms with Crippen molar-refractivity contribution in [1.29, 1.82) is 0 Å². The van der Waals surface area contributed by atoms with Crippen molar-refractivity contribution in [2.45, 2.75) is 76.3 Å². The number of hydrogen-bond acceptors (Lipinski definition) is 9. The number of carbonyl (C=O) groups is 2. The second kappa shape index (κ2) is 16.1. The highest BCUT2D eigenvalue weighted by Crippen LogP contribution is 2.41. The number of anilines is 2. The fraction of sp³-hybridized carbons (Fsp3) is 0.429. The first-order valence-corrected chi connectivity index (χ1v) is 16.5. The number of hydrogen-bond donors (Lipinski definition) is 4. The Kier molecular flexibility index (Phi) is 12.2. The van der Waals surface area contributed by atoms with Crippen molar-refractivity contribution >= 4 is 35.2 Å². The lowest BCUT2D eigenvalue weighted by atomic mass is 9.86. The molecule has 10 nitrogen and oxygen atoms in total. The molecule has 1 aliphatic heterocycles. The number of aryl methyl sites for hydroxylation is 2. The van der Waals surface area contributed by atoms with Gasteiger partial charge in [-0.3, -0.25) is 9.59 Å². The number of nitrogens with one attached hydrogen (secondary N) is 1. The van der Waals surface area contributed by atoms with Crippen molar-refractivity contribution in [3.63, 3.8) is 0 Å². The van der Waals surface area contributed by atoms with Gasteiger partial charge in [0.25, 0.3) is 0 Å². The topological polar surface area (TPSA) is 143 Å². The molecule has 0 aromatic heterocycles. The average Bonchev–Trinajstić information content (AvgIpc) is 3.14. The van der Waals surface area contributed by atoms with E-state index in [0.29, 0.717) is 23.7 Å². The Bertz CT molecular complexity index is 1530. The average molecular weight is 650 g/mol. The summed E-state index contributed by atoms with van der Waals surface area (Å²) in [4.78, 5) is 24.2. The summed E-state index contributed by atoms with van der Waals surface area (Å²) < 4.78 is 14.3. The third kappa shape index (κ3) is 9.31. The summed E-state index contributed by atoms with van der Waals surface area (Å²) in [6, 6.07) is 16.2. The molecular formula is C35H47N5O5S. The molecule has 1 amide bonds. The van der Waals surface area contributed by atoms with Gasteiger partial charge in [-0.25, -0.2) is 10.1 Å². The molecule has 0 saturated heterocycles. The van der Waals surface area contributed by atoms with Crippen molar-refractivity contribution in [3.05, 3.63) is 76.3 Å². The minimum atomic E-state index is -0.903. The van der Waals surface area contributed by atoms with Crippen LogP contribution in [0.3, 0.4) is 0 Å². The van der Waals surface area contributed by atoms with E-state index < -0.39 is 11.9 Å². The molecule has 6 N–H and O–H groups in total. The molecule has 248 valence electrons. The number of carboxylic acid groups (broad SMARTS) is 1. The first kappa shape index (κ1) is 34.9. The maximum absolute atomic E-state index is 12.0. The molecule has 0 fully saturated rings. The van der Waals surface area contributed by atoms with E-state index in [1.54, 1.807) is 39.1 Å². The van der Waals surface area contributed by atoms with Crippen molar-refractivity contribution in [2.75, 3.05) is 38.0 Å². The van der Waals surface area contributed by atoms with Crippen LogP contribution in [0.5, 0.6) is 11.5 Å². The van der Waals surface area contributed by atoms with E-state index >= 15 is 0 Å². The summed E-state index contributed by atoms with van der Waals surface area (Å²) in [5.74, 6) is 6.05. The van der Waals surface area contributed by atoms with E-state index in [2.05, 4.69) is 53.8 Å². The number of carboxylic acids is 1. The van der Waals surface area contributed by atoms with Crippen LogP contribution in [0.15, 0.2) is 53.4 Å². The van der Waals surface area contributed by atoms with Crippen LogP contribution < -0.4 is 31.4 Å². The number of methoxy groups -OCH3 is 1. The molecular weight excluding hydrogens is 602 g/mol. The van der Waals surface area contributed by atoms with Crippen molar-refractivity contribution < 1.29 is 24.2 Å². The zero-order chi connectivity index (χ0) is 33.4. The molecule has 2 unspecified atom stereocenters. The lowest BCUT2D eigenvalue weighted by Gasteiger charge is -2.25. The van der Waals surface area contributed by atoms with Gasteiger partial charge in [0.1, 0.15) is 23.3 Å². The maximum Gasteiger partial charge on any atom is 0.304 e. The first-order valence-electron chi connectivity index (χ1n) is 15.7. The molecule has 0 radical (unpaired) electrons. The van der Waals surface area contributed by atoms with Gasteiger partial charge in [0, 0.05) is 39.5 Å².